The number of hydrogen-bond donors (Lipinski definition) is 2. The standard InChI is InChI=1S/C15H28N2O3/c1-12-8-5-6-9-13(12)17(2)15(20)16-11-7-3-4-10-14(18)19/h12-13H,3-11H2,1-2H3,(H,16,20)(H,18,19). The Morgan fingerprint density at radius 1 is 1.20 bits per heavy atom. The zero-order valence-corrected chi connectivity index (χ0v) is 12.7. The molecule has 0 saturated heterocycles. The highest BCUT2D eigenvalue weighted by Crippen LogP contribution is 2.27. The Balaban J connectivity index is 2.16. The molecule has 5 heteroatoms. The minimum absolute atomic E-state index is 0.00184. The smallest absolute Gasteiger partial charge is 0.317 e. The number of aliphatic carboxylic acids is 1. The topological polar surface area (TPSA) is 69.6 Å². The van der Waals surface area contributed by atoms with Crippen molar-refractivity contribution in [2.24, 2.45) is 5.92 Å². The van der Waals surface area contributed by atoms with Crippen LogP contribution >= 0.6 is 0 Å². The van der Waals surface area contributed by atoms with Crippen molar-refractivity contribution >= 4 is 12.0 Å². The quantitative estimate of drug-likeness (QED) is 0.706. The molecule has 1 saturated carbocycles. The molecule has 0 spiro atoms. The maximum absolute atomic E-state index is 12.0. The third-order valence-corrected chi connectivity index (χ3v) is 4.23. The third kappa shape index (κ3) is 5.80. The summed E-state index contributed by atoms with van der Waals surface area (Å²) in [6, 6.07) is 0.359. The van der Waals surface area contributed by atoms with Crippen LogP contribution in [0.4, 0.5) is 4.79 Å². The van der Waals surface area contributed by atoms with E-state index in [9.17, 15) is 9.59 Å². The molecule has 0 bridgehead atoms. The Hall–Kier alpha value is -1.26. The van der Waals surface area contributed by atoms with Crippen molar-refractivity contribution in [1.29, 1.82) is 0 Å². The number of rotatable bonds is 7. The molecule has 2 unspecified atom stereocenters. The molecule has 1 aliphatic carbocycles. The van der Waals surface area contributed by atoms with Gasteiger partial charge in [-0.1, -0.05) is 26.2 Å². The summed E-state index contributed by atoms with van der Waals surface area (Å²) in [6.07, 6.45) is 7.37. The van der Waals surface area contributed by atoms with Crippen LogP contribution in [-0.4, -0.2) is 41.6 Å². The normalized spacial score (nSPS) is 22.3. The van der Waals surface area contributed by atoms with Crippen molar-refractivity contribution in [3.8, 4) is 0 Å². The molecule has 1 rings (SSSR count). The third-order valence-electron chi connectivity index (χ3n) is 4.23. The first-order valence-electron chi connectivity index (χ1n) is 7.75. The molecule has 2 amide bonds. The second-order valence-electron chi connectivity index (χ2n) is 5.88. The molecule has 0 heterocycles. The Kier molecular flexibility index (Phi) is 7.41. The van der Waals surface area contributed by atoms with E-state index in [-0.39, 0.29) is 12.5 Å². The number of amides is 2. The summed E-state index contributed by atoms with van der Waals surface area (Å²) in [5.74, 6) is -0.171. The van der Waals surface area contributed by atoms with Gasteiger partial charge in [0.05, 0.1) is 0 Å². The molecule has 20 heavy (non-hydrogen) atoms. The van der Waals surface area contributed by atoms with Gasteiger partial charge in [-0.3, -0.25) is 4.79 Å². The lowest BCUT2D eigenvalue weighted by molar-refractivity contribution is -0.137. The summed E-state index contributed by atoms with van der Waals surface area (Å²) in [4.78, 5) is 24.3. The molecule has 2 atom stereocenters. The summed E-state index contributed by atoms with van der Waals surface area (Å²) < 4.78 is 0. The van der Waals surface area contributed by atoms with Gasteiger partial charge in [-0.25, -0.2) is 4.79 Å². The predicted octanol–water partition coefficient (Wildman–Crippen LogP) is 2.85. The van der Waals surface area contributed by atoms with Crippen LogP contribution in [0.15, 0.2) is 0 Å². The minimum Gasteiger partial charge on any atom is -0.481 e. The van der Waals surface area contributed by atoms with Gasteiger partial charge in [0.15, 0.2) is 0 Å². The molecular weight excluding hydrogens is 256 g/mol. The van der Waals surface area contributed by atoms with Gasteiger partial charge in [-0.2, -0.15) is 0 Å². The van der Waals surface area contributed by atoms with Gasteiger partial charge in [0.2, 0.25) is 0 Å². The maximum Gasteiger partial charge on any atom is 0.317 e. The first kappa shape index (κ1) is 16.8. The van der Waals surface area contributed by atoms with Crippen LogP contribution in [0.5, 0.6) is 0 Å². The molecule has 0 radical (unpaired) electrons. The zero-order valence-electron chi connectivity index (χ0n) is 12.7. The first-order chi connectivity index (χ1) is 9.52. The average molecular weight is 284 g/mol. The number of carbonyl (C=O) groups excluding carboxylic acids is 1. The highest BCUT2D eigenvalue weighted by atomic mass is 16.4. The van der Waals surface area contributed by atoms with E-state index in [4.69, 9.17) is 5.11 Å². The Labute approximate surface area is 121 Å². The second kappa shape index (κ2) is 8.82. The predicted molar refractivity (Wildman–Crippen MR) is 78.7 cm³/mol. The van der Waals surface area contributed by atoms with E-state index in [1.807, 2.05) is 11.9 Å². The molecule has 0 aromatic rings. The summed E-state index contributed by atoms with van der Waals surface area (Å²) in [5, 5.41) is 11.5. The van der Waals surface area contributed by atoms with Crippen LogP contribution in [0, 0.1) is 5.92 Å². The Morgan fingerprint density at radius 3 is 2.55 bits per heavy atom. The molecule has 0 aliphatic heterocycles. The SMILES string of the molecule is CC1CCCCC1N(C)C(=O)NCCCCCC(=O)O. The van der Waals surface area contributed by atoms with E-state index in [0.717, 1.165) is 19.3 Å². The van der Waals surface area contributed by atoms with Crippen molar-refractivity contribution in [2.45, 2.75) is 64.3 Å². The van der Waals surface area contributed by atoms with Gasteiger partial charge in [0.1, 0.15) is 0 Å². The molecular formula is C15H28N2O3. The highest BCUT2D eigenvalue weighted by Gasteiger charge is 2.27. The monoisotopic (exact) mass is 284 g/mol. The number of nitrogens with zero attached hydrogens (tertiary/aromatic N) is 1. The van der Waals surface area contributed by atoms with Gasteiger partial charge in [-0.05, 0) is 31.6 Å². The summed E-state index contributed by atoms with van der Waals surface area (Å²) in [5.41, 5.74) is 0. The van der Waals surface area contributed by atoms with E-state index < -0.39 is 5.97 Å². The number of nitrogens with one attached hydrogen (secondary N) is 1. The fraction of sp³-hybridized carbons (Fsp3) is 0.867. The van der Waals surface area contributed by atoms with Gasteiger partial charge < -0.3 is 15.3 Å². The van der Waals surface area contributed by atoms with Gasteiger partial charge in [0, 0.05) is 26.1 Å². The highest BCUT2D eigenvalue weighted by molar-refractivity contribution is 5.74. The second-order valence-corrected chi connectivity index (χ2v) is 5.88. The summed E-state index contributed by atoms with van der Waals surface area (Å²) in [6.45, 7) is 2.85. The van der Waals surface area contributed by atoms with Crippen LogP contribution in [0.1, 0.15) is 58.3 Å². The van der Waals surface area contributed by atoms with Crippen LogP contribution in [-0.2, 0) is 4.79 Å². The largest absolute Gasteiger partial charge is 0.481 e. The van der Waals surface area contributed by atoms with Gasteiger partial charge in [-0.15, -0.1) is 0 Å². The lowest BCUT2D eigenvalue weighted by Gasteiger charge is -2.36. The summed E-state index contributed by atoms with van der Waals surface area (Å²) in [7, 11) is 1.88. The lowest BCUT2D eigenvalue weighted by atomic mass is 9.85. The first-order valence-corrected chi connectivity index (χ1v) is 7.75. The van der Waals surface area contributed by atoms with E-state index in [1.165, 1.54) is 19.3 Å². The number of hydrogen-bond acceptors (Lipinski definition) is 2. The number of unbranched alkanes of at least 4 members (excludes halogenated alkanes) is 2. The van der Waals surface area contributed by atoms with Crippen LogP contribution in [0.3, 0.4) is 0 Å². The van der Waals surface area contributed by atoms with Crippen LogP contribution in [0.2, 0.25) is 0 Å². The van der Waals surface area contributed by atoms with E-state index in [0.29, 0.717) is 24.9 Å². The van der Waals surface area contributed by atoms with E-state index in [2.05, 4.69) is 12.2 Å². The van der Waals surface area contributed by atoms with Gasteiger partial charge in [0.25, 0.3) is 0 Å². The molecule has 116 valence electrons. The molecule has 2 N–H and O–H groups in total. The Morgan fingerprint density at radius 2 is 1.90 bits per heavy atom. The molecule has 5 nitrogen and oxygen atoms in total. The van der Waals surface area contributed by atoms with E-state index in [1.54, 1.807) is 0 Å². The van der Waals surface area contributed by atoms with Crippen molar-refractivity contribution < 1.29 is 14.7 Å². The number of carboxylic acid groups (broad SMARTS) is 1. The van der Waals surface area contributed by atoms with Crippen molar-refractivity contribution in [2.75, 3.05) is 13.6 Å². The lowest BCUT2D eigenvalue weighted by Crippen LogP contribution is -2.47. The molecule has 0 aromatic carbocycles. The van der Waals surface area contributed by atoms with Crippen molar-refractivity contribution in [3.05, 3.63) is 0 Å². The number of carboxylic acids is 1. The van der Waals surface area contributed by atoms with E-state index >= 15 is 0 Å². The van der Waals surface area contributed by atoms with Gasteiger partial charge >= 0.3 is 12.0 Å². The fourth-order valence-electron chi connectivity index (χ4n) is 2.92. The maximum atomic E-state index is 12.0. The Bertz CT molecular complexity index is 320. The van der Waals surface area contributed by atoms with Crippen LogP contribution < -0.4 is 5.32 Å². The summed E-state index contributed by atoms with van der Waals surface area (Å²) >= 11 is 0. The number of carbonyl (C=O) groups is 2. The van der Waals surface area contributed by atoms with Crippen molar-refractivity contribution in [1.82, 2.24) is 10.2 Å². The molecule has 1 fully saturated rings. The molecule has 0 aromatic heterocycles. The van der Waals surface area contributed by atoms with Crippen molar-refractivity contribution in [3.63, 3.8) is 0 Å². The van der Waals surface area contributed by atoms with Crippen LogP contribution in [0.25, 0.3) is 0 Å². The molecule has 1 aliphatic rings. The zero-order chi connectivity index (χ0) is 15.0. The number of urea groups is 1. The fourth-order valence-corrected chi connectivity index (χ4v) is 2.92. The minimum atomic E-state index is -0.750. The average Bonchev–Trinajstić information content (AvgIpc) is 2.42.